The molecule has 0 bridgehead atoms. The lowest BCUT2D eigenvalue weighted by Gasteiger charge is -2.21. The SMILES string of the molecule is COc1ccc(OC)c(C(C)NC(C)CN)c1. The molecule has 2 unspecified atom stereocenters. The van der Waals surface area contributed by atoms with Gasteiger partial charge in [-0.2, -0.15) is 0 Å². The third-order valence-electron chi connectivity index (χ3n) is 2.79. The summed E-state index contributed by atoms with van der Waals surface area (Å²) in [5.74, 6) is 1.69. The summed E-state index contributed by atoms with van der Waals surface area (Å²) >= 11 is 0. The van der Waals surface area contributed by atoms with Crippen LogP contribution in [0.25, 0.3) is 0 Å². The fourth-order valence-electron chi connectivity index (χ4n) is 1.76. The first-order valence-corrected chi connectivity index (χ1v) is 5.80. The maximum atomic E-state index is 5.61. The van der Waals surface area contributed by atoms with Gasteiger partial charge in [0.2, 0.25) is 0 Å². The van der Waals surface area contributed by atoms with E-state index in [9.17, 15) is 0 Å². The fraction of sp³-hybridized carbons (Fsp3) is 0.538. The molecule has 0 aliphatic carbocycles. The summed E-state index contributed by atoms with van der Waals surface area (Å²) in [7, 11) is 3.33. The van der Waals surface area contributed by atoms with Crippen molar-refractivity contribution in [3.05, 3.63) is 23.8 Å². The summed E-state index contributed by atoms with van der Waals surface area (Å²) < 4.78 is 10.6. The first-order valence-electron chi connectivity index (χ1n) is 5.80. The topological polar surface area (TPSA) is 56.5 Å². The Bertz CT molecular complexity index is 355. The van der Waals surface area contributed by atoms with Crippen LogP contribution in [0.1, 0.15) is 25.5 Å². The molecule has 1 aromatic carbocycles. The largest absolute Gasteiger partial charge is 0.497 e. The van der Waals surface area contributed by atoms with E-state index in [1.165, 1.54) is 0 Å². The van der Waals surface area contributed by atoms with Crippen LogP contribution in [-0.4, -0.2) is 26.8 Å². The van der Waals surface area contributed by atoms with Crippen LogP contribution in [0.15, 0.2) is 18.2 Å². The second-order valence-electron chi connectivity index (χ2n) is 4.13. The van der Waals surface area contributed by atoms with Gasteiger partial charge in [-0.25, -0.2) is 0 Å². The molecule has 0 aliphatic heterocycles. The summed E-state index contributed by atoms with van der Waals surface area (Å²) in [5, 5.41) is 3.41. The van der Waals surface area contributed by atoms with Gasteiger partial charge in [0.25, 0.3) is 0 Å². The van der Waals surface area contributed by atoms with Gasteiger partial charge in [0.05, 0.1) is 14.2 Å². The zero-order chi connectivity index (χ0) is 12.8. The maximum absolute atomic E-state index is 5.61. The molecule has 2 atom stereocenters. The van der Waals surface area contributed by atoms with Crippen molar-refractivity contribution in [1.29, 1.82) is 0 Å². The number of rotatable bonds is 6. The highest BCUT2D eigenvalue weighted by Gasteiger charge is 2.14. The molecular weight excluding hydrogens is 216 g/mol. The average molecular weight is 238 g/mol. The highest BCUT2D eigenvalue weighted by Crippen LogP contribution is 2.29. The van der Waals surface area contributed by atoms with Gasteiger partial charge < -0.3 is 20.5 Å². The molecule has 1 rings (SSSR count). The number of nitrogens with one attached hydrogen (secondary N) is 1. The molecule has 0 fully saturated rings. The maximum Gasteiger partial charge on any atom is 0.123 e. The van der Waals surface area contributed by atoms with E-state index in [-0.39, 0.29) is 12.1 Å². The van der Waals surface area contributed by atoms with E-state index in [1.54, 1.807) is 14.2 Å². The number of nitrogens with two attached hydrogens (primary N) is 1. The Morgan fingerprint density at radius 1 is 1.24 bits per heavy atom. The summed E-state index contributed by atoms with van der Waals surface area (Å²) in [6.07, 6.45) is 0. The van der Waals surface area contributed by atoms with Crippen molar-refractivity contribution in [2.75, 3.05) is 20.8 Å². The Kier molecular flexibility index (Phi) is 5.25. The number of ether oxygens (including phenoxy) is 2. The van der Waals surface area contributed by atoms with Crippen LogP contribution in [0.4, 0.5) is 0 Å². The van der Waals surface area contributed by atoms with Crippen molar-refractivity contribution in [2.45, 2.75) is 25.9 Å². The number of hydrogen-bond acceptors (Lipinski definition) is 4. The predicted molar refractivity (Wildman–Crippen MR) is 69.6 cm³/mol. The Balaban J connectivity index is 2.92. The van der Waals surface area contributed by atoms with Crippen molar-refractivity contribution < 1.29 is 9.47 Å². The van der Waals surface area contributed by atoms with Gasteiger partial charge in [0, 0.05) is 24.2 Å². The normalized spacial score (nSPS) is 14.2. The van der Waals surface area contributed by atoms with E-state index in [1.807, 2.05) is 18.2 Å². The van der Waals surface area contributed by atoms with Crippen LogP contribution in [-0.2, 0) is 0 Å². The third-order valence-corrected chi connectivity index (χ3v) is 2.79. The minimum atomic E-state index is 0.165. The van der Waals surface area contributed by atoms with Gasteiger partial charge >= 0.3 is 0 Å². The van der Waals surface area contributed by atoms with Gasteiger partial charge in [0.15, 0.2) is 0 Å². The molecule has 0 saturated heterocycles. The summed E-state index contributed by atoms with van der Waals surface area (Å²) in [6, 6.07) is 6.22. The first-order chi connectivity index (χ1) is 8.12. The number of hydrogen-bond donors (Lipinski definition) is 2. The van der Waals surface area contributed by atoms with E-state index >= 15 is 0 Å². The third kappa shape index (κ3) is 3.61. The molecule has 0 saturated carbocycles. The molecule has 0 heterocycles. The van der Waals surface area contributed by atoms with E-state index in [2.05, 4.69) is 19.2 Å². The standard InChI is InChI=1S/C13H22N2O2/c1-9(8-14)15-10(2)12-7-11(16-3)5-6-13(12)17-4/h5-7,9-10,15H,8,14H2,1-4H3. The van der Waals surface area contributed by atoms with Crippen LogP contribution in [0.2, 0.25) is 0 Å². The molecule has 0 radical (unpaired) electrons. The lowest BCUT2D eigenvalue weighted by Crippen LogP contribution is -2.35. The van der Waals surface area contributed by atoms with Crippen LogP contribution in [0.5, 0.6) is 11.5 Å². The second-order valence-corrected chi connectivity index (χ2v) is 4.13. The number of benzene rings is 1. The molecular formula is C13H22N2O2. The van der Waals surface area contributed by atoms with Crippen molar-refractivity contribution in [1.82, 2.24) is 5.32 Å². The monoisotopic (exact) mass is 238 g/mol. The van der Waals surface area contributed by atoms with Gasteiger partial charge in [-0.3, -0.25) is 0 Å². The lowest BCUT2D eigenvalue weighted by atomic mass is 10.1. The summed E-state index contributed by atoms with van der Waals surface area (Å²) in [6.45, 7) is 4.75. The van der Waals surface area contributed by atoms with Gasteiger partial charge in [-0.15, -0.1) is 0 Å². The van der Waals surface area contributed by atoms with E-state index in [4.69, 9.17) is 15.2 Å². The number of methoxy groups -OCH3 is 2. The van der Waals surface area contributed by atoms with Crippen LogP contribution < -0.4 is 20.5 Å². The van der Waals surface area contributed by atoms with E-state index in [0.717, 1.165) is 17.1 Å². The van der Waals surface area contributed by atoms with Crippen LogP contribution in [0, 0.1) is 0 Å². The minimum Gasteiger partial charge on any atom is -0.497 e. The molecule has 4 nitrogen and oxygen atoms in total. The Labute approximate surface area is 103 Å². The van der Waals surface area contributed by atoms with E-state index < -0.39 is 0 Å². The van der Waals surface area contributed by atoms with Crippen molar-refractivity contribution in [3.8, 4) is 11.5 Å². The minimum absolute atomic E-state index is 0.165. The predicted octanol–water partition coefficient (Wildman–Crippen LogP) is 1.70. The summed E-state index contributed by atoms with van der Waals surface area (Å²) in [4.78, 5) is 0. The molecule has 1 aromatic rings. The van der Waals surface area contributed by atoms with Crippen LogP contribution in [0.3, 0.4) is 0 Å². The molecule has 0 aliphatic rings. The second kappa shape index (κ2) is 6.47. The Morgan fingerprint density at radius 3 is 2.47 bits per heavy atom. The average Bonchev–Trinajstić information content (AvgIpc) is 2.37. The molecule has 0 aromatic heterocycles. The van der Waals surface area contributed by atoms with Crippen molar-refractivity contribution in [2.24, 2.45) is 5.73 Å². The summed E-state index contributed by atoms with van der Waals surface area (Å²) in [5.41, 5.74) is 6.68. The quantitative estimate of drug-likeness (QED) is 0.792. The molecule has 4 heteroatoms. The first kappa shape index (κ1) is 13.8. The highest BCUT2D eigenvalue weighted by atomic mass is 16.5. The Hall–Kier alpha value is -1.26. The zero-order valence-electron chi connectivity index (χ0n) is 11.0. The molecule has 96 valence electrons. The Morgan fingerprint density at radius 2 is 1.94 bits per heavy atom. The molecule has 3 N–H and O–H groups in total. The lowest BCUT2D eigenvalue weighted by molar-refractivity contribution is 0.387. The van der Waals surface area contributed by atoms with Gasteiger partial charge in [-0.05, 0) is 32.0 Å². The van der Waals surface area contributed by atoms with Crippen molar-refractivity contribution in [3.63, 3.8) is 0 Å². The molecule has 0 amide bonds. The molecule has 17 heavy (non-hydrogen) atoms. The fourth-order valence-corrected chi connectivity index (χ4v) is 1.76. The smallest absolute Gasteiger partial charge is 0.123 e. The molecule has 0 spiro atoms. The van der Waals surface area contributed by atoms with Crippen molar-refractivity contribution >= 4 is 0 Å². The van der Waals surface area contributed by atoms with Gasteiger partial charge in [-0.1, -0.05) is 0 Å². The zero-order valence-corrected chi connectivity index (χ0v) is 11.0. The van der Waals surface area contributed by atoms with Crippen LogP contribution >= 0.6 is 0 Å². The van der Waals surface area contributed by atoms with E-state index in [0.29, 0.717) is 6.54 Å². The van der Waals surface area contributed by atoms with Gasteiger partial charge in [0.1, 0.15) is 11.5 Å². The highest BCUT2D eigenvalue weighted by molar-refractivity contribution is 5.42.